The van der Waals surface area contributed by atoms with E-state index in [2.05, 4.69) is 22.4 Å². The second-order valence-electron chi connectivity index (χ2n) is 2.26. The molecule has 0 radical (unpaired) electrons. The summed E-state index contributed by atoms with van der Waals surface area (Å²) in [6.45, 7) is 0. The molecule has 1 aromatic carbocycles. The summed E-state index contributed by atoms with van der Waals surface area (Å²) in [7, 11) is 0. The summed E-state index contributed by atoms with van der Waals surface area (Å²) in [6, 6.07) is 5.64. The van der Waals surface area contributed by atoms with Crippen molar-refractivity contribution in [3.05, 3.63) is 24.3 Å². The third kappa shape index (κ3) is 2.92. The minimum atomic E-state index is -4.74. The van der Waals surface area contributed by atoms with Gasteiger partial charge < -0.3 is 0 Å². The maximum atomic E-state index is 10.8. The Morgan fingerprint density at radius 3 is 2.23 bits per heavy atom. The predicted molar refractivity (Wildman–Crippen MR) is 51.6 cm³/mol. The Morgan fingerprint density at radius 2 is 1.85 bits per heavy atom. The first-order chi connectivity index (χ1) is 6.04. The number of nitrogens with zero attached hydrogens (tertiary/aromatic N) is 1. The van der Waals surface area contributed by atoms with Gasteiger partial charge in [0.1, 0.15) is 0 Å². The summed E-state index contributed by atoms with van der Waals surface area (Å²) in [5.41, 5.74) is 0.530. The number of benzene rings is 1. The summed E-state index contributed by atoms with van der Waals surface area (Å²) in [5.74, 6) is 0. The molecule has 0 atom stereocenters. The summed E-state index contributed by atoms with van der Waals surface area (Å²) in [6.07, 6.45) is 0. The van der Waals surface area contributed by atoms with E-state index in [-0.39, 0.29) is 4.35 Å². The van der Waals surface area contributed by atoms with Gasteiger partial charge in [0, 0.05) is 0 Å². The van der Waals surface area contributed by atoms with Crippen LogP contribution in [0.15, 0.2) is 29.3 Å². The van der Waals surface area contributed by atoms with E-state index < -0.39 is 14.2 Å². The quantitative estimate of drug-likeness (QED) is 0.445. The minimum absolute atomic E-state index is 0.0291. The van der Waals surface area contributed by atoms with E-state index in [0.29, 0.717) is 5.69 Å². The molecule has 0 aliphatic heterocycles. The predicted octanol–water partition coefficient (Wildman–Crippen LogP) is -0.0181. The zero-order valence-electron chi connectivity index (χ0n) is 6.41. The molecule has 0 aliphatic rings. The molecule has 0 aromatic heterocycles. The van der Waals surface area contributed by atoms with Gasteiger partial charge in [-0.1, -0.05) is 0 Å². The third-order valence-corrected chi connectivity index (χ3v) is 3.49. The molecular weight excluding hydrogens is 253 g/mol. The van der Waals surface area contributed by atoms with Gasteiger partial charge >= 0.3 is 82.8 Å². The fourth-order valence-electron chi connectivity index (χ4n) is 0.774. The van der Waals surface area contributed by atoms with Gasteiger partial charge in [-0.15, -0.1) is 0 Å². The molecule has 0 unspecified atom stereocenters. The molecule has 13 heavy (non-hydrogen) atoms. The van der Waals surface area contributed by atoms with Gasteiger partial charge in [-0.05, 0) is 0 Å². The van der Waals surface area contributed by atoms with Crippen LogP contribution in [0.2, 0.25) is 0 Å². The normalized spacial score (nSPS) is 10.6. The molecule has 0 bridgehead atoms. The van der Waals surface area contributed by atoms with Gasteiger partial charge in [0.05, 0.1) is 0 Å². The van der Waals surface area contributed by atoms with Gasteiger partial charge in [0.2, 0.25) is 0 Å². The summed E-state index contributed by atoms with van der Waals surface area (Å²) in [5, 5.41) is 2.16. The standard InChI is InChI=1S/C7H6AsNO3S/c10-8(11,12)6-1-3-7(4-2-6)9-5-13/h1-4H,(H2,10,11,12). The van der Waals surface area contributed by atoms with Crippen LogP contribution in [-0.2, 0) is 3.74 Å². The van der Waals surface area contributed by atoms with Crippen molar-refractivity contribution in [3.8, 4) is 0 Å². The molecule has 6 heteroatoms. The van der Waals surface area contributed by atoms with Crippen molar-refractivity contribution in [1.29, 1.82) is 0 Å². The monoisotopic (exact) mass is 259 g/mol. The van der Waals surface area contributed by atoms with Crippen molar-refractivity contribution in [2.24, 2.45) is 4.99 Å². The fourth-order valence-corrected chi connectivity index (χ4v) is 2.01. The second-order valence-corrected chi connectivity index (χ2v) is 5.81. The van der Waals surface area contributed by atoms with Crippen LogP contribution in [0.4, 0.5) is 5.69 Å². The molecule has 1 aromatic rings. The first-order valence-electron chi connectivity index (χ1n) is 3.28. The summed E-state index contributed by atoms with van der Waals surface area (Å²) >= 11 is -0.367. The Labute approximate surface area is 82.9 Å². The Morgan fingerprint density at radius 1 is 1.31 bits per heavy atom. The number of rotatable bonds is 2. The second kappa shape index (κ2) is 4.00. The first-order valence-corrected chi connectivity index (χ1v) is 7.07. The zero-order valence-corrected chi connectivity index (χ0v) is 9.11. The average Bonchev–Trinajstić information content (AvgIpc) is 2.04. The topological polar surface area (TPSA) is 69.9 Å². The zero-order chi connectivity index (χ0) is 9.90. The molecule has 0 saturated carbocycles. The number of hydrogen-bond donors (Lipinski definition) is 2. The average molecular weight is 259 g/mol. The molecule has 0 spiro atoms. The van der Waals surface area contributed by atoms with Crippen LogP contribution in [0.5, 0.6) is 0 Å². The number of isothiocyanates is 1. The van der Waals surface area contributed by atoms with E-state index in [1.54, 1.807) is 0 Å². The maximum absolute atomic E-state index is 10.8. The van der Waals surface area contributed by atoms with E-state index >= 15 is 0 Å². The number of thiocarbonyl (C=S) groups is 1. The van der Waals surface area contributed by atoms with Crippen LogP contribution in [0.25, 0.3) is 0 Å². The van der Waals surface area contributed by atoms with Crippen molar-refractivity contribution in [3.63, 3.8) is 0 Å². The Hall–Kier alpha value is -0.702. The van der Waals surface area contributed by atoms with Crippen LogP contribution in [0, 0.1) is 0 Å². The van der Waals surface area contributed by atoms with Crippen LogP contribution in [0.3, 0.4) is 0 Å². The van der Waals surface area contributed by atoms with Crippen LogP contribution in [0.1, 0.15) is 0 Å². The van der Waals surface area contributed by atoms with Crippen LogP contribution >= 0.6 is 12.2 Å². The van der Waals surface area contributed by atoms with Gasteiger partial charge in [0.25, 0.3) is 0 Å². The number of aliphatic imine (C=N–C) groups is 1. The van der Waals surface area contributed by atoms with Crippen molar-refractivity contribution < 1.29 is 11.9 Å². The molecule has 4 nitrogen and oxygen atoms in total. The van der Waals surface area contributed by atoms with Crippen molar-refractivity contribution in [2.75, 3.05) is 0 Å². The third-order valence-electron chi connectivity index (χ3n) is 1.36. The summed E-state index contributed by atoms with van der Waals surface area (Å²) in [4.78, 5) is 3.65. The number of hydrogen-bond acceptors (Lipinski definition) is 3. The van der Waals surface area contributed by atoms with E-state index in [1.165, 1.54) is 24.3 Å². The molecule has 1 rings (SSSR count). The Bertz CT molecular complexity index is 391. The van der Waals surface area contributed by atoms with Crippen LogP contribution in [-0.4, -0.2) is 27.5 Å². The van der Waals surface area contributed by atoms with Gasteiger partial charge in [-0.25, -0.2) is 0 Å². The molecule has 0 aliphatic carbocycles. The fraction of sp³-hybridized carbons (Fsp3) is 0. The van der Waals surface area contributed by atoms with Crippen molar-refractivity contribution >= 4 is 41.6 Å². The van der Waals surface area contributed by atoms with Crippen molar-refractivity contribution in [2.45, 2.75) is 0 Å². The molecule has 2 N–H and O–H groups in total. The van der Waals surface area contributed by atoms with Crippen molar-refractivity contribution in [1.82, 2.24) is 0 Å². The van der Waals surface area contributed by atoms with Gasteiger partial charge in [0.15, 0.2) is 0 Å². The first kappa shape index (κ1) is 10.4. The summed E-state index contributed by atoms with van der Waals surface area (Å²) < 4.78 is 28.4. The molecule has 68 valence electrons. The van der Waals surface area contributed by atoms with Crippen LogP contribution < -0.4 is 4.35 Å². The van der Waals surface area contributed by atoms with E-state index in [9.17, 15) is 3.74 Å². The van der Waals surface area contributed by atoms with E-state index in [0.717, 1.165) is 0 Å². The van der Waals surface area contributed by atoms with E-state index in [4.69, 9.17) is 8.19 Å². The molecule has 0 amide bonds. The molecule has 0 heterocycles. The SMILES string of the molecule is O=[As](O)(O)c1ccc(N=C=S)cc1. The molecular formula is C7H6AsNO3S. The molecule has 0 saturated heterocycles. The Balaban J connectivity index is 3.07. The molecule has 0 fully saturated rings. The van der Waals surface area contributed by atoms with Gasteiger partial charge in [-0.2, -0.15) is 0 Å². The van der Waals surface area contributed by atoms with E-state index in [1.807, 2.05) is 0 Å². The van der Waals surface area contributed by atoms with Gasteiger partial charge in [-0.3, -0.25) is 0 Å². The Kier molecular flexibility index (Phi) is 3.20.